The molecule has 1 heterocycles. The first-order valence-electron chi connectivity index (χ1n) is 8.99. The van der Waals surface area contributed by atoms with E-state index in [2.05, 4.69) is 10.2 Å². The number of likely N-dealkylation sites (tertiary alicyclic amines) is 1. The molecule has 0 spiro atoms. The van der Waals surface area contributed by atoms with Crippen molar-refractivity contribution in [2.75, 3.05) is 26.2 Å². The second-order valence-corrected chi connectivity index (χ2v) is 6.73. The van der Waals surface area contributed by atoms with Crippen molar-refractivity contribution < 1.29 is 14.7 Å². The third kappa shape index (κ3) is 3.68. The van der Waals surface area contributed by atoms with Crippen LogP contribution in [0.25, 0.3) is 0 Å². The molecule has 0 saturated carbocycles. The Morgan fingerprint density at radius 1 is 1.29 bits per heavy atom. The maximum Gasteiger partial charge on any atom is 0.251 e. The van der Waals surface area contributed by atoms with Gasteiger partial charge in [-0.2, -0.15) is 0 Å². The van der Waals surface area contributed by atoms with Crippen LogP contribution in [0.5, 0.6) is 0 Å². The van der Waals surface area contributed by atoms with E-state index in [4.69, 9.17) is 0 Å². The predicted octanol–water partition coefficient (Wildman–Crippen LogP) is 1.78. The van der Waals surface area contributed by atoms with Gasteiger partial charge in [0, 0.05) is 36.7 Å². The summed E-state index contributed by atoms with van der Waals surface area (Å²) in [5, 5.41) is 12.4. The van der Waals surface area contributed by atoms with Crippen LogP contribution in [0, 0.1) is 0 Å². The van der Waals surface area contributed by atoms with E-state index >= 15 is 0 Å². The summed E-state index contributed by atoms with van der Waals surface area (Å²) in [6, 6.07) is 5.68. The largest absolute Gasteiger partial charge is 0.395 e. The van der Waals surface area contributed by atoms with E-state index in [0.717, 1.165) is 31.5 Å². The summed E-state index contributed by atoms with van der Waals surface area (Å²) in [6.07, 6.45) is 5.49. The molecular weight excluding hydrogens is 304 g/mol. The van der Waals surface area contributed by atoms with E-state index in [-0.39, 0.29) is 24.3 Å². The summed E-state index contributed by atoms with van der Waals surface area (Å²) in [5.74, 6) is 0.0543. The van der Waals surface area contributed by atoms with Gasteiger partial charge in [0.15, 0.2) is 5.78 Å². The Bertz CT molecular complexity index is 615. The molecule has 2 N–H and O–H groups in total. The number of hydrogen-bond acceptors (Lipinski definition) is 4. The Labute approximate surface area is 143 Å². The van der Waals surface area contributed by atoms with Crippen LogP contribution in [0.1, 0.15) is 58.4 Å². The molecule has 2 aliphatic rings. The minimum Gasteiger partial charge on any atom is -0.395 e. The highest BCUT2D eigenvalue weighted by molar-refractivity contribution is 6.05. The van der Waals surface area contributed by atoms with Gasteiger partial charge in [-0.3, -0.25) is 14.5 Å². The monoisotopic (exact) mass is 330 g/mol. The topological polar surface area (TPSA) is 69.6 Å². The highest BCUT2D eigenvalue weighted by atomic mass is 16.3. The first-order chi connectivity index (χ1) is 11.7. The van der Waals surface area contributed by atoms with Crippen LogP contribution < -0.4 is 5.32 Å². The number of ketones is 1. The number of Topliss-reactive ketones (excluding diaryl/α,β-unsaturated/α-hetero) is 1. The van der Waals surface area contributed by atoms with Gasteiger partial charge >= 0.3 is 0 Å². The fourth-order valence-electron chi connectivity index (χ4n) is 3.84. The molecule has 0 radical (unpaired) electrons. The summed E-state index contributed by atoms with van der Waals surface area (Å²) in [7, 11) is 0. The Kier molecular flexibility index (Phi) is 5.63. The lowest BCUT2D eigenvalue weighted by molar-refractivity contribution is 0.0868. The molecule has 1 aliphatic carbocycles. The second-order valence-electron chi connectivity index (χ2n) is 6.73. The van der Waals surface area contributed by atoms with Gasteiger partial charge in [0.25, 0.3) is 5.91 Å². The number of piperidine rings is 1. The van der Waals surface area contributed by atoms with Crippen LogP contribution in [0.2, 0.25) is 0 Å². The molecule has 24 heavy (non-hydrogen) atoms. The van der Waals surface area contributed by atoms with Crippen molar-refractivity contribution in [1.82, 2.24) is 10.2 Å². The average Bonchev–Trinajstić information content (AvgIpc) is 3.00. The smallest absolute Gasteiger partial charge is 0.251 e. The van der Waals surface area contributed by atoms with Gasteiger partial charge in [0.1, 0.15) is 0 Å². The zero-order valence-corrected chi connectivity index (χ0v) is 14.1. The molecule has 1 saturated heterocycles. The molecule has 1 fully saturated rings. The Balaban J connectivity index is 1.49. The summed E-state index contributed by atoms with van der Waals surface area (Å²) in [6.45, 7) is 2.77. The molecule has 1 atom stereocenters. The van der Waals surface area contributed by atoms with Gasteiger partial charge in [-0.25, -0.2) is 0 Å². The summed E-state index contributed by atoms with van der Waals surface area (Å²) < 4.78 is 0. The van der Waals surface area contributed by atoms with Crippen molar-refractivity contribution in [3.63, 3.8) is 0 Å². The van der Waals surface area contributed by atoms with Gasteiger partial charge < -0.3 is 10.4 Å². The maximum absolute atomic E-state index is 12.4. The van der Waals surface area contributed by atoms with E-state index in [0.29, 0.717) is 30.5 Å². The third-order valence-corrected chi connectivity index (χ3v) is 5.19. The molecule has 3 rings (SSSR count). The number of carbonyl (C=O) groups excluding carboxylic acids is 2. The van der Waals surface area contributed by atoms with Crippen molar-refractivity contribution in [3.8, 4) is 0 Å². The van der Waals surface area contributed by atoms with Gasteiger partial charge in [-0.15, -0.1) is 0 Å². The highest BCUT2D eigenvalue weighted by Gasteiger charge is 2.24. The van der Waals surface area contributed by atoms with Crippen molar-refractivity contribution in [1.29, 1.82) is 0 Å². The van der Waals surface area contributed by atoms with E-state index < -0.39 is 0 Å². The molecule has 0 bridgehead atoms. The Morgan fingerprint density at radius 3 is 3.00 bits per heavy atom. The lowest BCUT2D eigenvalue weighted by Gasteiger charge is -2.34. The van der Waals surface area contributed by atoms with Crippen LogP contribution in [0.15, 0.2) is 18.2 Å². The van der Waals surface area contributed by atoms with Crippen LogP contribution in [-0.2, 0) is 6.42 Å². The van der Waals surface area contributed by atoms with Crippen molar-refractivity contribution in [3.05, 3.63) is 34.9 Å². The molecule has 5 nitrogen and oxygen atoms in total. The molecule has 0 aromatic heterocycles. The Hall–Kier alpha value is -1.72. The van der Waals surface area contributed by atoms with Crippen molar-refractivity contribution in [2.24, 2.45) is 0 Å². The first kappa shape index (κ1) is 17.1. The number of aliphatic hydroxyl groups is 1. The maximum atomic E-state index is 12.4. The van der Waals surface area contributed by atoms with Crippen LogP contribution >= 0.6 is 0 Å². The number of carbonyl (C=O) groups is 2. The summed E-state index contributed by atoms with van der Waals surface area (Å²) in [4.78, 5) is 26.5. The van der Waals surface area contributed by atoms with E-state index in [1.165, 1.54) is 12.8 Å². The number of hydrogen-bond donors (Lipinski definition) is 2. The number of amides is 1. The lowest BCUT2D eigenvalue weighted by atomic mass is 10.0. The SMILES string of the molecule is O=C1CCc2c1cccc2C(=O)NCCCN1CCCCC1CO. The van der Waals surface area contributed by atoms with E-state index in [1.807, 2.05) is 6.07 Å². The Morgan fingerprint density at radius 2 is 2.17 bits per heavy atom. The zero-order chi connectivity index (χ0) is 16.9. The molecular formula is C19H26N2O3. The quantitative estimate of drug-likeness (QED) is 0.780. The summed E-state index contributed by atoms with van der Waals surface area (Å²) in [5.41, 5.74) is 2.25. The third-order valence-electron chi connectivity index (χ3n) is 5.19. The molecule has 1 aromatic rings. The number of benzene rings is 1. The molecule has 1 amide bonds. The minimum atomic E-state index is -0.0843. The normalized spacial score (nSPS) is 20.9. The highest BCUT2D eigenvalue weighted by Crippen LogP contribution is 2.25. The number of nitrogens with zero attached hydrogens (tertiary/aromatic N) is 1. The van der Waals surface area contributed by atoms with Crippen LogP contribution in [-0.4, -0.2) is 54.0 Å². The van der Waals surface area contributed by atoms with Gasteiger partial charge in [-0.1, -0.05) is 18.6 Å². The van der Waals surface area contributed by atoms with Gasteiger partial charge in [0.2, 0.25) is 0 Å². The molecule has 1 unspecified atom stereocenters. The van der Waals surface area contributed by atoms with E-state index in [1.54, 1.807) is 12.1 Å². The zero-order valence-electron chi connectivity index (χ0n) is 14.1. The van der Waals surface area contributed by atoms with Gasteiger partial charge in [0.05, 0.1) is 6.61 Å². The number of fused-ring (bicyclic) bond motifs is 1. The second kappa shape index (κ2) is 7.90. The predicted molar refractivity (Wildman–Crippen MR) is 92.3 cm³/mol. The number of aliphatic hydroxyl groups excluding tert-OH is 1. The standard InChI is InChI=1S/C19H26N2O3/c22-13-14-5-1-2-11-21(14)12-4-10-20-19(24)17-7-3-6-16-15(17)8-9-18(16)23/h3,6-7,14,22H,1-2,4-5,8-13H2,(H,20,24). The number of nitrogens with one attached hydrogen (secondary N) is 1. The minimum absolute atomic E-state index is 0.0843. The molecule has 5 heteroatoms. The van der Waals surface area contributed by atoms with Gasteiger partial charge in [-0.05, 0) is 43.9 Å². The first-order valence-corrected chi connectivity index (χ1v) is 8.99. The van der Waals surface area contributed by atoms with Crippen LogP contribution in [0.4, 0.5) is 0 Å². The number of rotatable bonds is 6. The molecule has 1 aliphatic heterocycles. The summed E-state index contributed by atoms with van der Waals surface area (Å²) >= 11 is 0. The van der Waals surface area contributed by atoms with Crippen molar-refractivity contribution in [2.45, 2.75) is 44.6 Å². The fourth-order valence-corrected chi connectivity index (χ4v) is 3.84. The average molecular weight is 330 g/mol. The molecule has 130 valence electrons. The lowest BCUT2D eigenvalue weighted by Crippen LogP contribution is -2.43. The fraction of sp³-hybridized carbons (Fsp3) is 0.579. The van der Waals surface area contributed by atoms with E-state index in [9.17, 15) is 14.7 Å². The van der Waals surface area contributed by atoms with Crippen molar-refractivity contribution >= 4 is 11.7 Å². The van der Waals surface area contributed by atoms with Crippen LogP contribution in [0.3, 0.4) is 0 Å². The molecule has 1 aromatic carbocycles.